The number of carbonyl (C=O) groups excluding carboxylic acids is 1. The summed E-state index contributed by atoms with van der Waals surface area (Å²) in [5, 5.41) is 2.98. The van der Waals surface area contributed by atoms with Gasteiger partial charge in [-0.1, -0.05) is 22.9 Å². The number of nitrogens with one attached hydrogen (secondary N) is 1. The average Bonchev–Trinajstić information content (AvgIpc) is 2.37. The van der Waals surface area contributed by atoms with Crippen molar-refractivity contribution in [2.45, 2.75) is 19.8 Å². The van der Waals surface area contributed by atoms with E-state index in [4.69, 9.17) is 10.5 Å². The Hall–Kier alpha value is -1.07. The van der Waals surface area contributed by atoms with Gasteiger partial charge in [0, 0.05) is 29.9 Å². The van der Waals surface area contributed by atoms with Gasteiger partial charge in [0.1, 0.15) is 0 Å². The first kappa shape index (κ1) is 14.3. The second kappa shape index (κ2) is 5.92. The molecule has 2 rings (SSSR count). The van der Waals surface area contributed by atoms with E-state index in [1.165, 1.54) is 0 Å². The highest BCUT2D eigenvalue weighted by Gasteiger charge is 2.28. The van der Waals surface area contributed by atoms with E-state index in [0.29, 0.717) is 17.8 Å². The summed E-state index contributed by atoms with van der Waals surface area (Å²) in [4.78, 5) is 12.1. The molecule has 1 aromatic carbocycles. The standard InChI is InChI=1S/C14H19BrN2O2/c1-14(4-6-19-7-5-14)9-17-13(18)11-3-2-10(15)8-12(11)16/h2-3,8H,4-7,9,16H2,1H3,(H,17,18). The lowest BCUT2D eigenvalue weighted by Crippen LogP contribution is -2.39. The number of anilines is 1. The SMILES string of the molecule is CC1(CNC(=O)c2ccc(Br)cc2N)CCOCC1. The number of nitrogens with two attached hydrogens (primary N) is 1. The first-order chi connectivity index (χ1) is 9.00. The van der Waals surface area contributed by atoms with E-state index in [0.717, 1.165) is 30.5 Å². The first-order valence-corrected chi connectivity index (χ1v) is 7.20. The summed E-state index contributed by atoms with van der Waals surface area (Å²) in [6.45, 7) is 4.38. The molecule has 1 aromatic rings. The van der Waals surface area contributed by atoms with E-state index in [-0.39, 0.29) is 11.3 Å². The van der Waals surface area contributed by atoms with Crippen molar-refractivity contribution in [3.05, 3.63) is 28.2 Å². The van der Waals surface area contributed by atoms with E-state index in [1.807, 2.05) is 6.07 Å². The second-order valence-corrected chi connectivity index (χ2v) is 6.25. The predicted molar refractivity (Wildman–Crippen MR) is 79.0 cm³/mol. The van der Waals surface area contributed by atoms with Crippen molar-refractivity contribution < 1.29 is 9.53 Å². The molecule has 0 unspecified atom stereocenters. The highest BCUT2D eigenvalue weighted by Crippen LogP contribution is 2.29. The van der Waals surface area contributed by atoms with Gasteiger partial charge in [0.25, 0.3) is 5.91 Å². The molecule has 0 aliphatic carbocycles. The molecule has 0 saturated carbocycles. The van der Waals surface area contributed by atoms with Crippen LogP contribution in [0.4, 0.5) is 5.69 Å². The number of ether oxygens (including phenoxy) is 1. The van der Waals surface area contributed by atoms with Crippen LogP contribution in [0.1, 0.15) is 30.1 Å². The molecule has 0 aromatic heterocycles. The topological polar surface area (TPSA) is 64.4 Å². The van der Waals surface area contributed by atoms with Crippen molar-refractivity contribution in [2.24, 2.45) is 5.41 Å². The van der Waals surface area contributed by atoms with Crippen LogP contribution in [0, 0.1) is 5.41 Å². The molecular formula is C14H19BrN2O2. The molecule has 1 saturated heterocycles. The number of carbonyl (C=O) groups is 1. The van der Waals surface area contributed by atoms with Crippen molar-refractivity contribution in [1.82, 2.24) is 5.32 Å². The molecular weight excluding hydrogens is 308 g/mol. The van der Waals surface area contributed by atoms with Crippen LogP contribution in [0.15, 0.2) is 22.7 Å². The average molecular weight is 327 g/mol. The number of nitrogen functional groups attached to an aromatic ring is 1. The Balaban J connectivity index is 1.97. The maximum absolute atomic E-state index is 12.1. The number of amides is 1. The summed E-state index contributed by atoms with van der Waals surface area (Å²) in [6.07, 6.45) is 1.95. The van der Waals surface area contributed by atoms with Gasteiger partial charge in [-0.05, 0) is 36.5 Å². The monoisotopic (exact) mass is 326 g/mol. The molecule has 0 radical (unpaired) electrons. The van der Waals surface area contributed by atoms with Crippen molar-refractivity contribution in [1.29, 1.82) is 0 Å². The molecule has 1 amide bonds. The number of hydrogen-bond donors (Lipinski definition) is 2. The number of benzene rings is 1. The Morgan fingerprint density at radius 1 is 1.47 bits per heavy atom. The van der Waals surface area contributed by atoms with Crippen LogP contribution < -0.4 is 11.1 Å². The molecule has 0 spiro atoms. The van der Waals surface area contributed by atoms with E-state index in [9.17, 15) is 4.79 Å². The third-order valence-electron chi connectivity index (χ3n) is 3.63. The molecule has 3 N–H and O–H groups in total. The van der Waals surface area contributed by atoms with Gasteiger partial charge in [-0.15, -0.1) is 0 Å². The van der Waals surface area contributed by atoms with E-state index in [2.05, 4.69) is 28.2 Å². The molecule has 1 aliphatic heterocycles. The van der Waals surface area contributed by atoms with Crippen LogP contribution in [-0.2, 0) is 4.74 Å². The van der Waals surface area contributed by atoms with E-state index >= 15 is 0 Å². The lowest BCUT2D eigenvalue weighted by atomic mass is 9.82. The quantitative estimate of drug-likeness (QED) is 0.839. The predicted octanol–water partition coefficient (Wildman–Crippen LogP) is 2.58. The molecule has 1 heterocycles. The number of halogens is 1. The van der Waals surface area contributed by atoms with Gasteiger partial charge in [-0.3, -0.25) is 4.79 Å². The lowest BCUT2D eigenvalue weighted by Gasteiger charge is -2.33. The lowest BCUT2D eigenvalue weighted by molar-refractivity contribution is 0.0238. The van der Waals surface area contributed by atoms with Gasteiger partial charge in [-0.25, -0.2) is 0 Å². The smallest absolute Gasteiger partial charge is 0.253 e. The van der Waals surface area contributed by atoms with Crippen molar-refractivity contribution in [3.8, 4) is 0 Å². The van der Waals surface area contributed by atoms with Crippen LogP contribution in [0.2, 0.25) is 0 Å². The Bertz CT molecular complexity index is 471. The van der Waals surface area contributed by atoms with Crippen molar-refractivity contribution in [2.75, 3.05) is 25.5 Å². The minimum absolute atomic E-state index is 0.113. The summed E-state index contributed by atoms with van der Waals surface area (Å²) in [7, 11) is 0. The van der Waals surface area contributed by atoms with Crippen LogP contribution in [0.3, 0.4) is 0 Å². The fourth-order valence-electron chi connectivity index (χ4n) is 2.17. The third-order valence-corrected chi connectivity index (χ3v) is 4.13. The Morgan fingerprint density at radius 2 is 2.16 bits per heavy atom. The summed E-state index contributed by atoms with van der Waals surface area (Å²) in [5.41, 5.74) is 6.99. The third kappa shape index (κ3) is 3.70. The molecule has 19 heavy (non-hydrogen) atoms. The van der Waals surface area contributed by atoms with Gasteiger partial charge < -0.3 is 15.8 Å². The molecule has 5 heteroatoms. The van der Waals surface area contributed by atoms with Crippen LogP contribution in [0.25, 0.3) is 0 Å². The second-order valence-electron chi connectivity index (χ2n) is 5.34. The molecule has 104 valence electrons. The highest BCUT2D eigenvalue weighted by atomic mass is 79.9. The van der Waals surface area contributed by atoms with E-state index < -0.39 is 0 Å². The van der Waals surface area contributed by atoms with Crippen molar-refractivity contribution in [3.63, 3.8) is 0 Å². The summed E-state index contributed by atoms with van der Waals surface area (Å²) < 4.78 is 6.22. The molecule has 1 fully saturated rings. The van der Waals surface area contributed by atoms with Crippen LogP contribution in [-0.4, -0.2) is 25.7 Å². The molecule has 0 atom stereocenters. The minimum atomic E-state index is -0.113. The largest absolute Gasteiger partial charge is 0.398 e. The normalized spacial score (nSPS) is 18.0. The van der Waals surface area contributed by atoms with Gasteiger partial charge in [-0.2, -0.15) is 0 Å². The zero-order chi connectivity index (χ0) is 13.9. The summed E-state index contributed by atoms with van der Waals surface area (Å²) in [6, 6.07) is 5.30. The van der Waals surface area contributed by atoms with Gasteiger partial charge in [0.15, 0.2) is 0 Å². The molecule has 0 bridgehead atoms. The van der Waals surface area contributed by atoms with Gasteiger partial charge in [0.05, 0.1) is 5.56 Å². The summed E-state index contributed by atoms with van der Waals surface area (Å²) >= 11 is 3.33. The Kier molecular flexibility index (Phi) is 4.47. The maximum atomic E-state index is 12.1. The zero-order valence-electron chi connectivity index (χ0n) is 11.0. The maximum Gasteiger partial charge on any atom is 0.253 e. The Morgan fingerprint density at radius 3 is 2.79 bits per heavy atom. The van der Waals surface area contributed by atoms with Crippen LogP contribution >= 0.6 is 15.9 Å². The zero-order valence-corrected chi connectivity index (χ0v) is 12.6. The molecule has 1 aliphatic rings. The minimum Gasteiger partial charge on any atom is -0.398 e. The van der Waals surface area contributed by atoms with Gasteiger partial charge in [0.2, 0.25) is 0 Å². The molecule has 4 nitrogen and oxygen atoms in total. The highest BCUT2D eigenvalue weighted by molar-refractivity contribution is 9.10. The van der Waals surface area contributed by atoms with Crippen molar-refractivity contribution >= 4 is 27.5 Å². The Labute approximate surface area is 121 Å². The van der Waals surface area contributed by atoms with Gasteiger partial charge >= 0.3 is 0 Å². The van der Waals surface area contributed by atoms with Crippen LogP contribution in [0.5, 0.6) is 0 Å². The van der Waals surface area contributed by atoms with E-state index in [1.54, 1.807) is 12.1 Å². The number of hydrogen-bond acceptors (Lipinski definition) is 3. The fourth-order valence-corrected chi connectivity index (χ4v) is 2.55. The fraction of sp³-hybridized carbons (Fsp3) is 0.500. The number of rotatable bonds is 3. The first-order valence-electron chi connectivity index (χ1n) is 6.41. The summed E-state index contributed by atoms with van der Waals surface area (Å²) in [5.74, 6) is -0.113.